The van der Waals surface area contributed by atoms with Crippen LogP contribution in [0, 0.1) is 5.41 Å². The van der Waals surface area contributed by atoms with Gasteiger partial charge in [0.05, 0.1) is 6.04 Å². The van der Waals surface area contributed by atoms with Crippen molar-refractivity contribution in [3.63, 3.8) is 0 Å². The van der Waals surface area contributed by atoms with Crippen molar-refractivity contribution in [3.05, 3.63) is 12.3 Å². The maximum Gasteiger partial charge on any atom is 0.158 e. The molecule has 0 bridgehead atoms. The molecule has 1 aliphatic heterocycles. The van der Waals surface area contributed by atoms with Crippen LogP contribution in [0.2, 0.25) is 0 Å². The van der Waals surface area contributed by atoms with Crippen LogP contribution < -0.4 is 17.1 Å². The van der Waals surface area contributed by atoms with Gasteiger partial charge in [0, 0.05) is 12.2 Å². The highest BCUT2D eigenvalue weighted by Gasteiger charge is 2.30. The lowest BCUT2D eigenvalue weighted by atomic mass is 9.90. The van der Waals surface area contributed by atoms with E-state index in [1.807, 2.05) is 13.8 Å². The Hall–Kier alpha value is -1.23. The molecule has 0 aliphatic carbocycles. The molecule has 5 heteroatoms. The molecule has 5 N–H and O–H groups in total. The average molecular weight is 269 g/mol. The van der Waals surface area contributed by atoms with Gasteiger partial charge in [0.15, 0.2) is 5.84 Å². The van der Waals surface area contributed by atoms with E-state index in [1.165, 1.54) is 0 Å². The zero-order chi connectivity index (χ0) is 15.1. The fraction of sp³-hybridized carbons (Fsp3) is 0.786. The van der Waals surface area contributed by atoms with Crippen LogP contribution in [0.1, 0.15) is 53.9 Å². The van der Waals surface area contributed by atoms with Crippen LogP contribution in [-0.4, -0.2) is 23.3 Å². The Morgan fingerprint density at radius 1 is 1.42 bits per heavy atom. The number of nitrogens with zero attached hydrogens (tertiary/aromatic N) is 2. The highest BCUT2D eigenvalue weighted by atomic mass is 15.3. The summed E-state index contributed by atoms with van der Waals surface area (Å²) in [5.74, 6) is 11.4. The van der Waals surface area contributed by atoms with Crippen molar-refractivity contribution >= 4 is 5.84 Å². The van der Waals surface area contributed by atoms with E-state index in [9.17, 15) is 0 Å². The lowest BCUT2D eigenvalue weighted by Crippen LogP contribution is -2.46. The van der Waals surface area contributed by atoms with Crippen molar-refractivity contribution in [2.24, 2.45) is 22.2 Å². The molecule has 0 amide bonds. The van der Waals surface area contributed by atoms with Gasteiger partial charge >= 0.3 is 0 Å². The Bertz CT molecular complexity index is 303. The number of hydrogen-bond donors (Lipinski definition) is 3. The van der Waals surface area contributed by atoms with Gasteiger partial charge in [0.25, 0.3) is 0 Å². The third kappa shape index (κ3) is 5.51. The summed E-state index contributed by atoms with van der Waals surface area (Å²) in [5.41, 5.74) is 3.96. The predicted molar refractivity (Wildman–Crippen MR) is 83.2 cm³/mol. The summed E-state index contributed by atoms with van der Waals surface area (Å²) < 4.78 is 0. The summed E-state index contributed by atoms with van der Waals surface area (Å²) in [6.45, 7) is 15.8. The lowest BCUT2D eigenvalue weighted by Gasteiger charge is -2.32. The summed E-state index contributed by atoms with van der Waals surface area (Å²) in [4.78, 5) is 2.26. The quantitative estimate of drug-likeness (QED) is 0.317. The van der Waals surface area contributed by atoms with E-state index in [1.54, 1.807) is 0 Å². The number of amidine groups is 1. The van der Waals surface area contributed by atoms with Crippen LogP contribution in [0.5, 0.6) is 0 Å². The van der Waals surface area contributed by atoms with Crippen LogP contribution >= 0.6 is 0 Å². The number of allylic oxidation sites excluding steroid dienone is 1. The smallest absolute Gasteiger partial charge is 0.158 e. The van der Waals surface area contributed by atoms with Crippen molar-refractivity contribution in [2.75, 3.05) is 6.54 Å². The van der Waals surface area contributed by atoms with E-state index < -0.39 is 0 Å². The third-order valence-corrected chi connectivity index (χ3v) is 3.00. The van der Waals surface area contributed by atoms with Gasteiger partial charge in [-0.3, -0.25) is 0 Å². The molecule has 1 unspecified atom stereocenters. The molecule has 1 saturated heterocycles. The zero-order valence-corrected chi connectivity index (χ0v) is 13.2. The number of likely N-dealkylation sites (tertiary alicyclic amines) is 1. The molecule has 0 aromatic carbocycles. The molecule has 0 spiro atoms. The first-order valence-corrected chi connectivity index (χ1v) is 7.08. The molecule has 0 saturated carbocycles. The van der Waals surface area contributed by atoms with Gasteiger partial charge in [-0.05, 0) is 24.7 Å². The molecular formula is C14H31N5. The van der Waals surface area contributed by atoms with Gasteiger partial charge < -0.3 is 16.2 Å². The van der Waals surface area contributed by atoms with E-state index in [2.05, 4.69) is 42.8 Å². The number of hydrogen-bond acceptors (Lipinski definition) is 4. The van der Waals surface area contributed by atoms with Gasteiger partial charge in [-0.15, -0.1) is 0 Å². The summed E-state index contributed by atoms with van der Waals surface area (Å²) in [5, 5.41) is 3.72. The van der Waals surface area contributed by atoms with Crippen molar-refractivity contribution < 1.29 is 0 Å². The first-order valence-electron chi connectivity index (χ1n) is 7.08. The summed E-state index contributed by atoms with van der Waals surface area (Å²) in [6, 6.07) is 0.153. The molecule has 1 fully saturated rings. The molecule has 112 valence electrons. The largest absolute Gasteiger partial charge is 0.365 e. The molecule has 1 rings (SSSR count). The summed E-state index contributed by atoms with van der Waals surface area (Å²) in [6.07, 6.45) is 3.10. The van der Waals surface area contributed by atoms with E-state index in [0.29, 0.717) is 5.84 Å². The number of hydrazine groups is 1. The average Bonchev–Trinajstić information content (AvgIpc) is 2.80. The standard InChI is InChI=1S/C12H25N5.C2H6/c1-9(8-12(2,3)4)17-7-5-6-10(17)11(15-13)16-14;1-2/h10H,1,5-8,13-14H2,2-4H3,(H,15,16);1-2H3. The molecule has 5 nitrogen and oxygen atoms in total. The van der Waals surface area contributed by atoms with Crippen molar-refractivity contribution in [3.8, 4) is 0 Å². The fourth-order valence-electron chi connectivity index (χ4n) is 2.36. The fourth-order valence-corrected chi connectivity index (χ4v) is 2.36. The first kappa shape index (κ1) is 17.8. The van der Waals surface area contributed by atoms with E-state index in [0.717, 1.165) is 31.5 Å². The normalized spacial score (nSPS) is 19.8. The highest BCUT2D eigenvalue weighted by Crippen LogP contribution is 2.30. The SMILES string of the molecule is C=C(CC(C)(C)C)N1CCCC1/C(=N/N)NN.CC. The van der Waals surface area contributed by atoms with Crippen molar-refractivity contribution in [1.29, 1.82) is 0 Å². The highest BCUT2D eigenvalue weighted by molar-refractivity contribution is 5.87. The number of rotatable bonds is 3. The number of nitrogens with one attached hydrogen (secondary N) is 1. The number of nitrogens with two attached hydrogens (primary N) is 2. The Labute approximate surface area is 118 Å². The van der Waals surface area contributed by atoms with Crippen molar-refractivity contribution in [2.45, 2.75) is 59.9 Å². The Morgan fingerprint density at radius 3 is 2.42 bits per heavy atom. The first-order chi connectivity index (χ1) is 8.89. The lowest BCUT2D eigenvalue weighted by molar-refractivity contribution is 0.307. The van der Waals surface area contributed by atoms with Gasteiger partial charge in [-0.25, -0.2) is 5.84 Å². The summed E-state index contributed by atoms with van der Waals surface area (Å²) >= 11 is 0. The second-order valence-corrected chi connectivity index (χ2v) is 5.81. The molecule has 19 heavy (non-hydrogen) atoms. The Morgan fingerprint density at radius 2 is 2.00 bits per heavy atom. The molecule has 0 radical (unpaired) electrons. The van der Waals surface area contributed by atoms with Crippen LogP contribution in [0.25, 0.3) is 0 Å². The minimum Gasteiger partial charge on any atom is -0.365 e. The topological polar surface area (TPSA) is 79.7 Å². The molecule has 0 aromatic rings. The maximum absolute atomic E-state index is 5.44. The molecular weight excluding hydrogens is 238 g/mol. The minimum absolute atomic E-state index is 0.153. The Kier molecular flexibility index (Phi) is 7.52. The second kappa shape index (κ2) is 8.04. The number of hydrazone groups is 1. The third-order valence-electron chi connectivity index (χ3n) is 3.00. The van der Waals surface area contributed by atoms with E-state index in [4.69, 9.17) is 11.7 Å². The van der Waals surface area contributed by atoms with Crippen LogP contribution in [0.15, 0.2) is 17.4 Å². The second-order valence-electron chi connectivity index (χ2n) is 5.81. The monoisotopic (exact) mass is 269 g/mol. The van der Waals surface area contributed by atoms with Gasteiger partial charge in [-0.2, -0.15) is 5.10 Å². The Balaban J connectivity index is 0.00000154. The maximum atomic E-state index is 5.44. The molecule has 1 aliphatic rings. The molecule has 1 atom stereocenters. The van der Waals surface area contributed by atoms with E-state index in [-0.39, 0.29) is 11.5 Å². The predicted octanol–water partition coefficient (Wildman–Crippen LogP) is 2.16. The van der Waals surface area contributed by atoms with Crippen molar-refractivity contribution in [1.82, 2.24) is 10.3 Å². The molecule has 1 heterocycles. The van der Waals surface area contributed by atoms with Gasteiger partial charge in [-0.1, -0.05) is 41.2 Å². The van der Waals surface area contributed by atoms with Crippen LogP contribution in [0.4, 0.5) is 0 Å². The van der Waals surface area contributed by atoms with Crippen LogP contribution in [-0.2, 0) is 0 Å². The molecule has 0 aromatic heterocycles. The summed E-state index contributed by atoms with van der Waals surface area (Å²) in [7, 11) is 0. The van der Waals surface area contributed by atoms with Gasteiger partial charge in [0.1, 0.15) is 0 Å². The van der Waals surface area contributed by atoms with Crippen LogP contribution in [0.3, 0.4) is 0 Å². The zero-order valence-electron chi connectivity index (χ0n) is 13.2. The minimum atomic E-state index is 0.153. The van der Waals surface area contributed by atoms with E-state index >= 15 is 0 Å². The van der Waals surface area contributed by atoms with Gasteiger partial charge in [0.2, 0.25) is 0 Å².